The number of nitrogens with two attached hydrogens (primary N) is 1. The molecule has 104 valence electrons. The SMILES string of the molecule is CCc1nc(N)cc(Oc2ccc([N+](=O)[O-])c(C)c2)n1. The van der Waals surface area contributed by atoms with Crippen molar-refractivity contribution in [3.8, 4) is 11.6 Å². The predicted octanol–water partition coefficient (Wildman–Crippen LogP) is 2.63. The van der Waals surface area contributed by atoms with Gasteiger partial charge in [0.2, 0.25) is 5.88 Å². The van der Waals surface area contributed by atoms with E-state index in [1.807, 2.05) is 6.92 Å². The minimum atomic E-state index is -0.434. The number of aryl methyl sites for hydroxylation is 2. The minimum absolute atomic E-state index is 0.0498. The van der Waals surface area contributed by atoms with Gasteiger partial charge in [-0.15, -0.1) is 0 Å². The molecule has 0 aliphatic rings. The third kappa shape index (κ3) is 3.00. The second-order valence-corrected chi connectivity index (χ2v) is 4.21. The van der Waals surface area contributed by atoms with Crippen LogP contribution in [0.4, 0.5) is 11.5 Å². The van der Waals surface area contributed by atoms with Crippen molar-refractivity contribution < 1.29 is 9.66 Å². The number of anilines is 1. The molecule has 0 spiro atoms. The minimum Gasteiger partial charge on any atom is -0.439 e. The fraction of sp³-hybridized carbons (Fsp3) is 0.231. The molecule has 2 N–H and O–H groups in total. The van der Waals surface area contributed by atoms with Crippen LogP contribution in [0, 0.1) is 17.0 Å². The van der Waals surface area contributed by atoms with Gasteiger partial charge in [-0.25, -0.2) is 4.98 Å². The molecule has 0 atom stereocenters. The molecule has 1 aromatic carbocycles. The lowest BCUT2D eigenvalue weighted by Gasteiger charge is -2.07. The zero-order valence-electron chi connectivity index (χ0n) is 11.2. The molecule has 0 unspecified atom stereocenters. The van der Waals surface area contributed by atoms with Gasteiger partial charge >= 0.3 is 0 Å². The normalized spacial score (nSPS) is 10.3. The summed E-state index contributed by atoms with van der Waals surface area (Å²) in [6.07, 6.45) is 0.640. The van der Waals surface area contributed by atoms with Crippen LogP contribution in [0.25, 0.3) is 0 Å². The highest BCUT2D eigenvalue weighted by molar-refractivity contribution is 5.45. The summed E-state index contributed by atoms with van der Waals surface area (Å²) < 4.78 is 5.56. The number of nitrogens with zero attached hydrogens (tertiary/aromatic N) is 3. The summed E-state index contributed by atoms with van der Waals surface area (Å²) in [5, 5.41) is 10.7. The Morgan fingerprint density at radius 3 is 2.70 bits per heavy atom. The zero-order valence-corrected chi connectivity index (χ0v) is 11.2. The second-order valence-electron chi connectivity index (χ2n) is 4.21. The molecule has 0 aliphatic carbocycles. The van der Waals surface area contributed by atoms with E-state index in [2.05, 4.69) is 9.97 Å². The van der Waals surface area contributed by atoms with Crippen molar-refractivity contribution in [2.45, 2.75) is 20.3 Å². The van der Waals surface area contributed by atoms with Crippen LogP contribution < -0.4 is 10.5 Å². The number of benzene rings is 1. The first-order chi connectivity index (χ1) is 9.49. The van der Waals surface area contributed by atoms with Gasteiger partial charge in [0.15, 0.2) is 0 Å². The molecule has 0 bridgehead atoms. The average Bonchev–Trinajstić information content (AvgIpc) is 2.37. The van der Waals surface area contributed by atoms with Gasteiger partial charge in [0.25, 0.3) is 5.69 Å². The Morgan fingerprint density at radius 1 is 1.35 bits per heavy atom. The van der Waals surface area contributed by atoms with Crippen molar-refractivity contribution in [2.24, 2.45) is 0 Å². The lowest BCUT2D eigenvalue weighted by atomic mass is 10.2. The van der Waals surface area contributed by atoms with Crippen LogP contribution >= 0.6 is 0 Å². The van der Waals surface area contributed by atoms with Crippen molar-refractivity contribution in [3.63, 3.8) is 0 Å². The van der Waals surface area contributed by atoms with E-state index >= 15 is 0 Å². The molecule has 1 heterocycles. The van der Waals surface area contributed by atoms with Crippen LogP contribution in [-0.2, 0) is 6.42 Å². The Morgan fingerprint density at radius 2 is 2.10 bits per heavy atom. The van der Waals surface area contributed by atoms with Crippen LogP contribution in [0.1, 0.15) is 18.3 Å². The van der Waals surface area contributed by atoms with Crippen LogP contribution in [0.2, 0.25) is 0 Å². The smallest absolute Gasteiger partial charge is 0.272 e. The van der Waals surface area contributed by atoms with E-state index in [1.54, 1.807) is 13.0 Å². The van der Waals surface area contributed by atoms with E-state index in [0.29, 0.717) is 35.3 Å². The van der Waals surface area contributed by atoms with E-state index in [-0.39, 0.29) is 5.69 Å². The Labute approximate surface area is 115 Å². The Hall–Kier alpha value is -2.70. The first kappa shape index (κ1) is 13.7. The molecule has 0 fully saturated rings. The molecular formula is C13H14N4O3. The molecular weight excluding hydrogens is 260 g/mol. The highest BCUT2D eigenvalue weighted by atomic mass is 16.6. The second kappa shape index (κ2) is 5.52. The fourth-order valence-corrected chi connectivity index (χ4v) is 1.72. The molecule has 0 amide bonds. The number of hydrogen-bond donors (Lipinski definition) is 1. The quantitative estimate of drug-likeness (QED) is 0.678. The number of hydrogen-bond acceptors (Lipinski definition) is 6. The lowest BCUT2D eigenvalue weighted by Crippen LogP contribution is -2.00. The van der Waals surface area contributed by atoms with Crippen molar-refractivity contribution in [3.05, 3.63) is 45.8 Å². The number of nitro benzene ring substituents is 1. The molecule has 0 aliphatic heterocycles. The predicted molar refractivity (Wildman–Crippen MR) is 73.7 cm³/mol. The zero-order chi connectivity index (χ0) is 14.7. The van der Waals surface area contributed by atoms with Gasteiger partial charge in [0.05, 0.1) is 4.92 Å². The van der Waals surface area contributed by atoms with Gasteiger partial charge in [0.1, 0.15) is 17.4 Å². The van der Waals surface area contributed by atoms with E-state index in [1.165, 1.54) is 18.2 Å². The van der Waals surface area contributed by atoms with Gasteiger partial charge in [-0.2, -0.15) is 4.98 Å². The standard InChI is InChI=1S/C13H14N4O3/c1-3-12-15-11(14)7-13(16-12)20-9-4-5-10(17(18)19)8(2)6-9/h4-7H,3H2,1-2H3,(H2,14,15,16). The molecule has 2 rings (SSSR count). The van der Waals surface area contributed by atoms with Crippen molar-refractivity contribution >= 4 is 11.5 Å². The maximum absolute atomic E-state index is 10.7. The summed E-state index contributed by atoms with van der Waals surface area (Å²) in [5.74, 6) is 1.69. The Bertz CT molecular complexity index is 658. The molecule has 2 aromatic rings. The lowest BCUT2D eigenvalue weighted by molar-refractivity contribution is -0.385. The summed E-state index contributed by atoms with van der Waals surface area (Å²) in [7, 11) is 0. The first-order valence-corrected chi connectivity index (χ1v) is 6.06. The van der Waals surface area contributed by atoms with Gasteiger partial charge in [-0.1, -0.05) is 6.92 Å². The highest BCUT2D eigenvalue weighted by Gasteiger charge is 2.11. The van der Waals surface area contributed by atoms with Gasteiger partial charge < -0.3 is 10.5 Å². The maximum Gasteiger partial charge on any atom is 0.272 e. The Balaban J connectivity index is 2.28. The molecule has 7 heteroatoms. The third-order valence-corrected chi connectivity index (χ3v) is 2.67. The van der Waals surface area contributed by atoms with Gasteiger partial charge in [0, 0.05) is 24.1 Å². The van der Waals surface area contributed by atoms with Crippen LogP contribution in [-0.4, -0.2) is 14.9 Å². The number of ether oxygens (including phenoxy) is 1. The van der Waals surface area contributed by atoms with Crippen LogP contribution in [0.3, 0.4) is 0 Å². The number of aromatic nitrogens is 2. The Kier molecular flexibility index (Phi) is 3.79. The topological polar surface area (TPSA) is 104 Å². The van der Waals surface area contributed by atoms with Crippen LogP contribution in [0.5, 0.6) is 11.6 Å². The largest absolute Gasteiger partial charge is 0.439 e. The van der Waals surface area contributed by atoms with E-state index < -0.39 is 4.92 Å². The summed E-state index contributed by atoms with van der Waals surface area (Å²) >= 11 is 0. The van der Waals surface area contributed by atoms with E-state index in [0.717, 1.165) is 0 Å². The van der Waals surface area contributed by atoms with Gasteiger partial charge in [-0.05, 0) is 19.1 Å². The molecule has 1 aromatic heterocycles. The number of nitro groups is 1. The van der Waals surface area contributed by atoms with Crippen molar-refractivity contribution in [1.82, 2.24) is 9.97 Å². The molecule has 7 nitrogen and oxygen atoms in total. The number of nitrogen functional groups attached to an aromatic ring is 1. The summed E-state index contributed by atoms with van der Waals surface area (Å²) in [6.45, 7) is 3.56. The monoisotopic (exact) mass is 274 g/mol. The first-order valence-electron chi connectivity index (χ1n) is 6.06. The van der Waals surface area contributed by atoms with Crippen molar-refractivity contribution in [2.75, 3.05) is 5.73 Å². The molecule has 0 saturated heterocycles. The molecule has 20 heavy (non-hydrogen) atoms. The number of rotatable bonds is 4. The molecule has 0 saturated carbocycles. The van der Waals surface area contributed by atoms with Gasteiger partial charge in [-0.3, -0.25) is 10.1 Å². The molecule has 0 radical (unpaired) electrons. The third-order valence-electron chi connectivity index (χ3n) is 2.67. The van der Waals surface area contributed by atoms with E-state index in [4.69, 9.17) is 10.5 Å². The average molecular weight is 274 g/mol. The highest BCUT2D eigenvalue weighted by Crippen LogP contribution is 2.26. The summed E-state index contributed by atoms with van der Waals surface area (Å²) in [5.41, 5.74) is 6.23. The van der Waals surface area contributed by atoms with Crippen LogP contribution in [0.15, 0.2) is 24.3 Å². The summed E-state index contributed by atoms with van der Waals surface area (Å²) in [6, 6.07) is 6.02. The summed E-state index contributed by atoms with van der Waals surface area (Å²) in [4.78, 5) is 18.5. The van der Waals surface area contributed by atoms with E-state index in [9.17, 15) is 10.1 Å². The fourth-order valence-electron chi connectivity index (χ4n) is 1.72. The maximum atomic E-state index is 10.7. The van der Waals surface area contributed by atoms with Crippen molar-refractivity contribution in [1.29, 1.82) is 0 Å².